The maximum Gasteiger partial charge on any atom is 0.154 e. The van der Waals surface area contributed by atoms with Gasteiger partial charge in [0.25, 0.3) is 0 Å². The van der Waals surface area contributed by atoms with Crippen LogP contribution in [0.15, 0.2) is 22.8 Å². The van der Waals surface area contributed by atoms with Crippen LogP contribution in [-0.4, -0.2) is 10.2 Å². The summed E-state index contributed by atoms with van der Waals surface area (Å²) in [5.74, 6) is 1.15. The molecule has 0 aromatic carbocycles. The summed E-state index contributed by atoms with van der Waals surface area (Å²) in [7, 11) is 0. The van der Waals surface area contributed by atoms with E-state index < -0.39 is 0 Å². The molecule has 0 radical (unpaired) electrons. The zero-order valence-corrected chi connectivity index (χ0v) is 8.95. The molecule has 2 aromatic rings. The highest BCUT2D eigenvalue weighted by atomic mass is 16.3. The standard InChI is InChI=1S/C11H15N3O/c1-7(2)10-8(6-12)11(14-13-10)9-4-3-5-15-9/h3-5,7H,6,12H2,1-2H3,(H,13,14). The van der Waals surface area contributed by atoms with Gasteiger partial charge in [0.1, 0.15) is 5.69 Å². The van der Waals surface area contributed by atoms with Gasteiger partial charge in [-0.05, 0) is 18.1 Å². The molecule has 0 bridgehead atoms. The number of nitrogens with two attached hydrogens (primary N) is 1. The Labute approximate surface area is 88.5 Å². The van der Waals surface area contributed by atoms with Crippen molar-refractivity contribution in [3.63, 3.8) is 0 Å². The van der Waals surface area contributed by atoms with Crippen molar-refractivity contribution in [1.82, 2.24) is 10.2 Å². The summed E-state index contributed by atoms with van der Waals surface area (Å²) in [6.45, 7) is 4.69. The first-order valence-corrected chi connectivity index (χ1v) is 5.05. The Kier molecular flexibility index (Phi) is 2.60. The molecule has 0 saturated heterocycles. The van der Waals surface area contributed by atoms with Gasteiger partial charge in [-0.2, -0.15) is 5.10 Å². The van der Waals surface area contributed by atoms with Crippen LogP contribution in [0.3, 0.4) is 0 Å². The molecule has 0 saturated carbocycles. The highest BCUT2D eigenvalue weighted by Crippen LogP contribution is 2.27. The monoisotopic (exact) mass is 205 g/mol. The third-order valence-electron chi connectivity index (χ3n) is 2.44. The van der Waals surface area contributed by atoms with E-state index in [0.717, 1.165) is 22.7 Å². The molecule has 0 spiro atoms. The fourth-order valence-corrected chi connectivity index (χ4v) is 1.68. The lowest BCUT2D eigenvalue weighted by molar-refractivity contribution is 0.579. The van der Waals surface area contributed by atoms with E-state index in [1.165, 1.54) is 0 Å². The van der Waals surface area contributed by atoms with Crippen LogP contribution in [0.4, 0.5) is 0 Å². The van der Waals surface area contributed by atoms with Crippen molar-refractivity contribution in [3.8, 4) is 11.5 Å². The number of nitrogens with one attached hydrogen (secondary N) is 1. The molecule has 0 aliphatic rings. The van der Waals surface area contributed by atoms with Crippen molar-refractivity contribution in [2.45, 2.75) is 26.3 Å². The number of furan rings is 1. The van der Waals surface area contributed by atoms with Crippen LogP contribution >= 0.6 is 0 Å². The van der Waals surface area contributed by atoms with Gasteiger partial charge in [-0.15, -0.1) is 0 Å². The molecular formula is C11H15N3O. The average Bonchev–Trinajstić information content (AvgIpc) is 2.85. The normalized spacial score (nSPS) is 11.2. The average molecular weight is 205 g/mol. The summed E-state index contributed by atoms with van der Waals surface area (Å²) in [4.78, 5) is 0. The van der Waals surface area contributed by atoms with Gasteiger partial charge in [0.15, 0.2) is 5.76 Å². The smallest absolute Gasteiger partial charge is 0.154 e. The predicted octanol–water partition coefficient (Wildman–Crippen LogP) is 2.25. The lowest BCUT2D eigenvalue weighted by Crippen LogP contribution is -2.02. The molecule has 0 atom stereocenters. The van der Waals surface area contributed by atoms with Crippen molar-refractivity contribution >= 4 is 0 Å². The maximum atomic E-state index is 5.74. The summed E-state index contributed by atoms with van der Waals surface area (Å²) in [6, 6.07) is 3.73. The second-order valence-corrected chi connectivity index (χ2v) is 3.80. The number of aromatic nitrogens is 2. The molecule has 3 N–H and O–H groups in total. The zero-order chi connectivity index (χ0) is 10.8. The van der Waals surface area contributed by atoms with E-state index in [1.807, 2.05) is 12.1 Å². The van der Waals surface area contributed by atoms with E-state index in [-0.39, 0.29) is 0 Å². The van der Waals surface area contributed by atoms with Crippen LogP contribution in [0.25, 0.3) is 11.5 Å². The van der Waals surface area contributed by atoms with Crippen molar-refractivity contribution in [2.24, 2.45) is 5.73 Å². The topological polar surface area (TPSA) is 67.8 Å². The molecule has 2 aromatic heterocycles. The zero-order valence-electron chi connectivity index (χ0n) is 8.95. The summed E-state index contributed by atoms with van der Waals surface area (Å²) in [6.07, 6.45) is 1.64. The fourth-order valence-electron chi connectivity index (χ4n) is 1.68. The molecule has 0 fully saturated rings. The Balaban J connectivity index is 2.49. The van der Waals surface area contributed by atoms with Crippen molar-refractivity contribution in [1.29, 1.82) is 0 Å². The number of hydrogen-bond donors (Lipinski definition) is 2. The molecule has 2 rings (SSSR count). The quantitative estimate of drug-likeness (QED) is 0.807. The molecule has 4 heteroatoms. The van der Waals surface area contributed by atoms with Crippen LogP contribution in [0, 0.1) is 0 Å². The number of rotatable bonds is 3. The Morgan fingerprint density at radius 1 is 1.53 bits per heavy atom. The van der Waals surface area contributed by atoms with E-state index >= 15 is 0 Å². The number of H-pyrrole nitrogens is 1. The van der Waals surface area contributed by atoms with Gasteiger partial charge < -0.3 is 10.2 Å². The lowest BCUT2D eigenvalue weighted by Gasteiger charge is -2.04. The van der Waals surface area contributed by atoms with Crippen molar-refractivity contribution in [3.05, 3.63) is 29.7 Å². The first-order valence-electron chi connectivity index (χ1n) is 5.05. The van der Waals surface area contributed by atoms with E-state index in [0.29, 0.717) is 12.5 Å². The molecule has 4 nitrogen and oxygen atoms in total. The number of nitrogens with zero attached hydrogens (tertiary/aromatic N) is 1. The van der Waals surface area contributed by atoms with Gasteiger partial charge >= 0.3 is 0 Å². The first-order chi connectivity index (χ1) is 7.24. The van der Waals surface area contributed by atoms with Crippen LogP contribution < -0.4 is 5.73 Å². The second-order valence-electron chi connectivity index (χ2n) is 3.80. The van der Waals surface area contributed by atoms with E-state index in [2.05, 4.69) is 24.0 Å². The highest BCUT2D eigenvalue weighted by Gasteiger charge is 2.16. The SMILES string of the molecule is CC(C)c1[nH]nc(-c2ccco2)c1CN. The number of hydrogen-bond acceptors (Lipinski definition) is 3. The predicted molar refractivity (Wildman–Crippen MR) is 58.3 cm³/mol. The van der Waals surface area contributed by atoms with Crippen LogP contribution in [-0.2, 0) is 6.54 Å². The van der Waals surface area contributed by atoms with E-state index in [1.54, 1.807) is 6.26 Å². The largest absolute Gasteiger partial charge is 0.463 e. The Bertz CT molecular complexity index is 429. The highest BCUT2D eigenvalue weighted by molar-refractivity contribution is 5.58. The summed E-state index contributed by atoms with van der Waals surface area (Å²) < 4.78 is 5.32. The summed E-state index contributed by atoms with van der Waals surface area (Å²) in [5.41, 5.74) is 8.69. The van der Waals surface area contributed by atoms with E-state index in [4.69, 9.17) is 10.2 Å². The molecule has 0 aliphatic heterocycles. The third-order valence-corrected chi connectivity index (χ3v) is 2.44. The minimum Gasteiger partial charge on any atom is -0.463 e. The minimum atomic E-state index is 0.389. The van der Waals surface area contributed by atoms with Crippen LogP contribution in [0.2, 0.25) is 0 Å². The molecule has 0 aliphatic carbocycles. The molecule has 2 heterocycles. The van der Waals surface area contributed by atoms with Gasteiger partial charge in [-0.25, -0.2) is 0 Å². The van der Waals surface area contributed by atoms with Gasteiger partial charge in [-0.3, -0.25) is 5.10 Å². The van der Waals surface area contributed by atoms with Gasteiger partial charge in [0.2, 0.25) is 0 Å². The first kappa shape index (κ1) is 9.98. The van der Waals surface area contributed by atoms with Crippen LogP contribution in [0.5, 0.6) is 0 Å². The molecular weight excluding hydrogens is 190 g/mol. The van der Waals surface area contributed by atoms with Crippen LogP contribution in [0.1, 0.15) is 31.0 Å². The minimum absolute atomic E-state index is 0.389. The van der Waals surface area contributed by atoms with Gasteiger partial charge in [-0.1, -0.05) is 13.8 Å². The van der Waals surface area contributed by atoms with Crippen molar-refractivity contribution in [2.75, 3.05) is 0 Å². The molecule has 0 amide bonds. The Morgan fingerprint density at radius 3 is 2.87 bits per heavy atom. The number of aromatic amines is 1. The van der Waals surface area contributed by atoms with Gasteiger partial charge in [0.05, 0.1) is 6.26 Å². The lowest BCUT2D eigenvalue weighted by atomic mass is 10.0. The summed E-state index contributed by atoms with van der Waals surface area (Å²) in [5, 5.41) is 7.27. The second kappa shape index (κ2) is 3.90. The molecule has 0 unspecified atom stereocenters. The van der Waals surface area contributed by atoms with Gasteiger partial charge in [0, 0.05) is 17.8 Å². The molecule has 80 valence electrons. The van der Waals surface area contributed by atoms with E-state index in [9.17, 15) is 0 Å². The molecule has 15 heavy (non-hydrogen) atoms. The third kappa shape index (κ3) is 1.68. The Hall–Kier alpha value is -1.55. The summed E-state index contributed by atoms with van der Waals surface area (Å²) >= 11 is 0. The fraction of sp³-hybridized carbons (Fsp3) is 0.364. The maximum absolute atomic E-state index is 5.74. The Morgan fingerprint density at radius 2 is 2.33 bits per heavy atom. The van der Waals surface area contributed by atoms with Crippen molar-refractivity contribution < 1.29 is 4.42 Å².